The number of hydrogen-bond acceptors (Lipinski definition) is 2. The SMILES string of the molecule is C/C(=C/c1ccc(F)cc1)C(=O)NC(CO)c1ccccc1. The molecule has 0 aliphatic rings. The first kappa shape index (κ1) is 15.9. The van der Waals surface area contributed by atoms with E-state index in [-0.39, 0.29) is 18.3 Å². The summed E-state index contributed by atoms with van der Waals surface area (Å²) in [5, 5.41) is 12.2. The first-order chi connectivity index (χ1) is 10.6. The molecule has 2 aromatic rings. The summed E-state index contributed by atoms with van der Waals surface area (Å²) >= 11 is 0. The number of nitrogens with one attached hydrogen (secondary N) is 1. The third kappa shape index (κ3) is 4.27. The summed E-state index contributed by atoms with van der Waals surface area (Å²) < 4.78 is 12.9. The minimum atomic E-state index is -0.453. The number of halogens is 1. The van der Waals surface area contributed by atoms with Gasteiger partial charge in [-0.05, 0) is 36.3 Å². The molecule has 0 heterocycles. The molecule has 114 valence electrons. The Balaban J connectivity index is 2.08. The highest BCUT2D eigenvalue weighted by molar-refractivity contribution is 5.97. The van der Waals surface area contributed by atoms with Gasteiger partial charge in [-0.15, -0.1) is 0 Å². The van der Waals surface area contributed by atoms with Crippen molar-refractivity contribution in [1.82, 2.24) is 5.32 Å². The molecular formula is C18H18FNO2. The molecule has 0 aromatic heterocycles. The molecular weight excluding hydrogens is 281 g/mol. The molecule has 0 radical (unpaired) electrons. The van der Waals surface area contributed by atoms with Gasteiger partial charge in [0.1, 0.15) is 5.82 Å². The van der Waals surface area contributed by atoms with Gasteiger partial charge in [0.05, 0.1) is 12.6 Å². The molecule has 0 saturated carbocycles. The molecule has 1 atom stereocenters. The minimum absolute atomic E-state index is 0.181. The van der Waals surface area contributed by atoms with E-state index in [1.165, 1.54) is 12.1 Å². The van der Waals surface area contributed by atoms with E-state index in [0.717, 1.165) is 11.1 Å². The van der Waals surface area contributed by atoms with Crippen molar-refractivity contribution in [3.05, 3.63) is 77.1 Å². The van der Waals surface area contributed by atoms with Gasteiger partial charge in [0.2, 0.25) is 5.91 Å². The summed E-state index contributed by atoms with van der Waals surface area (Å²) in [7, 11) is 0. The normalized spacial score (nSPS) is 12.8. The quantitative estimate of drug-likeness (QED) is 0.834. The van der Waals surface area contributed by atoms with E-state index in [1.807, 2.05) is 30.3 Å². The Bertz CT molecular complexity index is 651. The largest absolute Gasteiger partial charge is 0.394 e. The standard InChI is InChI=1S/C18H18FNO2/c1-13(11-14-7-9-16(19)10-8-14)18(22)20-17(12-21)15-5-3-2-4-6-15/h2-11,17,21H,12H2,1H3,(H,20,22)/b13-11-. The van der Waals surface area contributed by atoms with Gasteiger partial charge < -0.3 is 10.4 Å². The maximum absolute atomic E-state index is 12.9. The number of amides is 1. The maximum Gasteiger partial charge on any atom is 0.247 e. The van der Waals surface area contributed by atoms with Crippen LogP contribution in [0.4, 0.5) is 4.39 Å². The minimum Gasteiger partial charge on any atom is -0.394 e. The Hall–Kier alpha value is -2.46. The smallest absolute Gasteiger partial charge is 0.247 e. The molecule has 0 aliphatic carbocycles. The van der Waals surface area contributed by atoms with Crippen LogP contribution in [0.5, 0.6) is 0 Å². The average molecular weight is 299 g/mol. The summed E-state index contributed by atoms with van der Waals surface area (Å²) in [6.45, 7) is 1.50. The zero-order valence-corrected chi connectivity index (χ0v) is 12.3. The molecule has 0 aliphatic heterocycles. The number of carbonyl (C=O) groups excluding carboxylic acids is 1. The number of carbonyl (C=O) groups is 1. The monoisotopic (exact) mass is 299 g/mol. The molecule has 3 nitrogen and oxygen atoms in total. The van der Waals surface area contributed by atoms with Crippen molar-refractivity contribution in [1.29, 1.82) is 0 Å². The number of rotatable bonds is 5. The summed E-state index contributed by atoms with van der Waals surface area (Å²) in [5.74, 6) is -0.587. The fraction of sp³-hybridized carbons (Fsp3) is 0.167. The van der Waals surface area contributed by atoms with E-state index in [1.54, 1.807) is 25.1 Å². The zero-order chi connectivity index (χ0) is 15.9. The molecule has 2 N–H and O–H groups in total. The Labute approximate surface area is 129 Å². The Kier molecular flexibility index (Phi) is 5.44. The summed E-state index contributed by atoms with van der Waals surface area (Å²) in [4.78, 5) is 12.2. The van der Waals surface area contributed by atoms with Gasteiger partial charge in [0.15, 0.2) is 0 Å². The number of aliphatic hydroxyl groups excluding tert-OH is 1. The van der Waals surface area contributed by atoms with E-state index in [0.29, 0.717) is 5.57 Å². The van der Waals surface area contributed by atoms with Gasteiger partial charge in [-0.1, -0.05) is 42.5 Å². The van der Waals surface area contributed by atoms with Crippen LogP contribution in [0.1, 0.15) is 24.1 Å². The van der Waals surface area contributed by atoms with E-state index < -0.39 is 6.04 Å². The Morgan fingerprint density at radius 1 is 1.18 bits per heavy atom. The summed E-state index contributed by atoms with van der Waals surface area (Å²) in [6.07, 6.45) is 1.67. The van der Waals surface area contributed by atoms with E-state index >= 15 is 0 Å². The van der Waals surface area contributed by atoms with Crippen molar-refractivity contribution in [2.75, 3.05) is 6.61 Å². The maximum atomic E-state index is 12.9. The molecule has 0 fully saturated rings. The molecule has 1 unspecified atom stereocenters. The van der Waals surface area contributed by atoms with Crippen LogP contribution in [0.25, 0.3) is 6.08 Å². The lowest BCUT2D eigenvalue weighted by Gasteiger charge is -2.17. The number of hydrogen-bond donors (Lipinski definition) is 2. The lowest BCUT2D eigenvalue weighted by atomic mass is 10.1. The van der Waals surface area contributed by atoms with Crippen LogP contribution in [0, 0.1) is 5.82 Å². The molecule has 4 heteroatoms. The first-order valence-corrected chi connectivity index (χ1v) is 7.00. The second-order valence-corrected chi connectivity index (χ2v) is 5.00. The second kappa shape index (κ2) is 7.52. The highest BCUT2D eigenvalue weighted by Gasteiger charge is 2.14. The molecule has 2 rings (SSSR count). The van der Waals surface area contributed by atoms with Crippen LogP contribution in [-0.2, 0) is 4.79 Å². The van der Waals surface area contributed by atoms with Crippen LogP contribution in [-0.4, -0.2) is 17.6 Å². The first-order valence-electron chi connectivity index (χ1n) is 7.00. The highest BCUT2D eigenvalue weighted by Crippen LogP contribution is 2.14. The van der Waals surface area contributed by atoms with Gasteiger partial charge >= 0.3 is 0 Å². The van der Waals surface area contributed by atoms with Crippen molar-refractivity contribution in [2.45, 2.75) is 13.0 Å². The molecule has 0 bridgehead atoms. The topological polar surface area (TPSA) is 49.3 Å². The van der Waals surface area contributed by atoms with Crippen LogP contribution in [0.3, 0.4) is 0 Å². The van der Waals surface area contributed by atoms with Gasteiger partial charge in [0.25, 0.3) is 0 Å². The van der Waals surface area contributed by atoms with Crippen LogP contribution in [0.15, 0.2) is 60.2 Å². The fourth-order valence-corrected chi connectivity index (χ4v) is 2.07. The zero-order valence-electron chi connectivity index (χ0n) is 12.3. The molecule has 0 spiro atoms. The summed E-state index contributed by atoms with van der Waals surface area (Å²) in [6, 6.07) is 14.7. The lowest BCUT2D eigenvalue weighted by molar-refractivity contribution is -0.118. The van der Waals surface area contributed by atoms with Crippen molar-refractivity contribution in [3.8, 4) is 0 Å². The molecule has 0 saturated heterocycles. The fourth-order valence-electron chi connectivity index (χ4n) is 2.07. The number of aliphatic hydroxyl groups is 1. The van der Waals surface area contributed by atoms with E-state index in [9.17, 15) is 14.3 Å². The second-order valence-electron chi connectivity index (χ2n) is 5.00. The molecule has 1 amide bonds. The third-order valence-electron chi connectivity index (χ3n) is 3.30. The van der Waals surface area contributed by atoms with Crippen LogP contribution in [0.2, 0.25) is 0 Å². The van der Waals surface area contributed by atoms with E-state index in [2.05, 4.69) is 5.32 Å². The highest BCUT2D eigenvalue weighted by atomic mass is 19.1. The van der Waals surface area contributed by atoms with Crippen LogP contribution < -0.4 is 5.32 Å². The molecule has 22 heavy (non-hydrogen) atoms. The van der Waals surface area contributed by atoms with Gasteiger partial charge in [-0.3, -0.25) is 4.79 Å². The van der Waals surface area contributed by atoms with Crippen molar-refractivity contribution in [2.24, 2.45) is 0 Å². The van der Waals surface area contributed by atoms with Crippen LogP contribution >= 0.6 is 0 Å². The predicted octanol–water partition coefficient (Wildman–Crippen LogP) is 3.08. The molecule has 2 aromatic carbocycles. The van der Waals surface area contributed by atoms with Crippen molar-refractivity contribution in [3.63, 3.8) is 0 Å². The Morgan fingerprint density at radius 2 is 1.82 bits per heavy atom. The van der Waals surface area contributed by atoms with Crippen molar-refractivity contribution < 1.29 is 14.3 Å². The average Bonchev–Trinajstić information content (AvgIpc) is 2.55. The summed E-state index contributed by atoms with van der Waals surface area (Å²) in [5.41, 5.74) is 2.07. The lowest BCUT2D eigenvalue weighted by Crippen LogP contribution is -2.31. The Morgan fingerprint density at radius 3 is 2.41 bits per heavy atom. The van der Waals surface area contributed by atoms with Crippen molar-refractivity contribution >= 4 is 12.0 Å². The number of benzene rings is 2. The van der Waals surface area contributed by atoms with Gasteiger partial charge in [0, 0.05) is 5.57 Å². The van der Waals surface area contributed by atoms with Gasteiger partial charge in [-0.2, -0.15) is 0 Å². The third-order valence-corrected chi connectivity index (χ3v) is 3.30. The van der Waals surface area contributed by atoms with Gasteiger partial charge in [-0.25, -0.2) is 4.39 Å². The predicted molar refractivity (Wildman–Crippen MR) is 84.5 cm³/mol. The van der Waals surface area contributed by atoms with E-state index in [4.69, 9.17) is 0 Å².